The highest BCUT2D eigenvalue weighted by molar-refractivity contribution is 7.09. The normalized spacial score (nSPS) is 14.1. The van der Waals surface area contributed by atoms with Gasteiger partial charge in [0.05, 0.1) is 10.7 Å². The number of thiazole rings is 1. The van der Waals surface area contributed by atoms with Gasteiger partial charge >= 0.3 is 0 Å². The van der Waals surface area contributed by atoms with Crippen LogP contribution in [0.25, 0.3) is 0 Å². The van der Waals surface area contributed by atoms with Crippen molar-refractivity contribution in [3.8, 4) is 0 Å². The third-order valence-electron chi connectivity index (χ3n) is 2.70. The largest absolute Gasteiger partial charge is 0.326 e. The van der Waals surface area contributed by atoms with Gasteiger partial charge in [-0.1, -0.05) is 20.8 Å². The zero-order chi connectivity index (χ0) is 12.2. The van der Waals surface area contributed by atoms with E-state index < -0.39 is 0 Å². The van der Waals surface area contributed by atoms with Crippen molar-refractivity contribution in [1.29, 1.82) is 0 Å². The minimum Gasteiger partial charge on any atom is -0.326 e. The second-order valence-corrected chi connectivity index (χ2v) is 6.35. The molecule has 0 spiro atoms. The Bertz CT molecular complexity index is 314. The molecule has 0 saturated carbocycles. The van der Waals surface area contributed by atoms with E-state index in [9.17, 15) is 0 Å². The average Bonchev–Trinajstić information content (AvgIpc) is 2.57. The number of nitrogens with two attached hydrogens (primary N) is 1. The predicted molar refractivity (Wildman–Crippen MR) is 70.9 cm³/mol. The van der Waals surface area contributed by atoms with Crippen LogP contribution in [0.15, 0.2) is 5.38 Å². The van der Waals surface area contributed by atoms with Gasteiger partial charge in [-0.2, -0.15) is 0 Å². The molecule has 0 aromatic carbocycles. The first-order valence-corrected chi connectivity index (χ1v) is 6.65. The molecular formula is C12H23N3S. The monoisotopic (exact) mass is 241 g/mol. The fourth-order valence-electron chi connectivity index (χ4n) is 1.30. The summed E-state index contributed by atoms with van der Waals surface area (Å²) >= 11 is 1.71. The number of hydrogen-bond acceptors (Lipinski definition) is 4. The summed E-state index contributed by atoms with van der Waals surface area (Å²) in [6.45, 7) is 10.4. The van der Waals surface area contributed by atoms with Gasteiger partial charge in [0, 0.05) is 30.9 Å². The van der Waals surface area contributed by atoms with Crippen LogP contribution < -0.4 is 11.1 Å². The summed E-state index contributed by atoms with van der Waals surface area (Å²) in [6.07, 6.45) is 0.987. The van der Waals surface area contributed by atoms with Crippen molar-refractivity contribution in [1.82, 2.24) is 10.3 Å². The van der Waals surface area contributed by atoms with Gasteiger partial charge in [0.15, 0.2) is 0 Å². The van der Waals surface area contributed by atoms with Crippen LogP contribution in [0.1, 0.15) is 31.5 Å². The molecule has 0 bridgehead atoms. The maximum atomic E-state index is 6.06. The van der Waals surface area contributed by atoms with E-state index in [1.165, 1.54) is 5.69 Å². The third kappa shape index (κ3) is 4.60. The van der Waals surface area contributed by atoms with Crippen molar-refractivity contribution in [2.75, 3.05) is 13.1 Å². The van der Waals surface area contributed by atoms with Gasteiger partial charge < -0.3 is 11.1 Å². The van der Waals surface area contributed by atoms with Crippen LogP contribution in [-0.4, -0.2) is 24.1 Å². The van der Waals surface area contributed by atoms with Crippen molar-refractivity contribution in [2.45, 2.75) is 40.2 Å². The lowest BCUT2D eigenvalue weighted by molar-refractivity contribution is 0.310. The lowest BCUT2D eigenvalue weighted by Crippen LogP contribution is -2.43. The fraction of sp³-hybridized carbons (Fsp3) is 0.750. The summed E-state index contributed by atoms with van der Waals surface area (Å²) in [7, 11) is 0. The molecule has 0 aliphatic heterocycles. The highest BCUT2D eigenvalue weighted by Crippen LogP contribution is 2.16. The number of nitrogens with zero attached hydrogens (tertiary/aromatic N) is 1. The summed E-state index contributed by atoms with van der Waals surface area (Å²) in [5.41, 5.74) is 7.41. The van der Waals surface area contributed by atoms with Crippen LogP contribution in [0, 0.1) is 12.3 Å². The molecular weight excluding hydrogens is 218 g/mol. The standard InChI is InChI=1S/C12H23N3S/c1-9-15-10(8-16-9)5-6-14-7-11(13)12(2,3)4/h8,11,14H,5-7,13H2,1-4H3. The summed E-state index contributed by atoms with van der Waals surface area (Å²) < 4.78 is 0. The number of nitrogens with one attached hydrogen (secondary N) is 1. The molecule has 1 aromatic rings. The van der Waals surface area contributed by atoms with Crippen molar-refractivity contribution < 1.29 is 0 Å². The lowest BCUT2D eigenvalue weighted by atomic mass is 9.87. The molecule has 1 heterocycles. The number of hydrogen-bond donors (Lipinski definition) is 2. The second-order valence-electron chi connectivity index (χ2n) is 5.28. The molecule has 0 aliphatic carbocycles. The predicted octanol–water partition coefficient (Wildman–Crippen LogP) is 1.96. The Morgan fingerprint density at radius 1 is 1.50 bits per heavy atom. The smallest absolute Gasteiger partial charge is 0.0897 e. The number of rotatable bonds is 5. The molecule has 3 nitrogen and oxygen atoms in total. The first-order chi connectivity index (χ1) is 7.39. The van der Waals surface area contributed by atoms with Crippen molar-refractivity contribution >= 4 is 11.3 Å². The molecule has 1 atom stereocenters. The third-order valence-corrected chi connectivity index (χ3v) is 3.52. The van der Waals surface area contributed by atoms with E-state index in [0.717, 1.165) is 24.5 Å². The minimum absolute atomic E-state index is 0.171. The lowest BCUT2D eigenvalue weighted by Gasteiger charge is -2.27. The minimum atomic E-state index is 0.171. The first kappa shape index (κ1) is 13.6. The zero-order valence-corrected chi connectivity index (χ0v) is 11.5. The van der Waals surface area contributed by atoms with Crippen LogP contribution in [0.2, 0.25) is 0 Å². The summed E-state index contributed by atoms with van der Waals surface area (Å²) in [5.74, 6) is 0. The van der Waals surface area contributed by atoms with Crippen molar-refractivity contribution in [3.05, 3.63) is 16.1 Å². The van der Waals surface area contributed by atoms with Crippen molar-refractivity contribution in [3.63, 3.8) is 0 Å². The molecule has 0 amide bonds. The molecule has 3 N–H and O–H groups in total. The van der Waals surface area contributed by atoms with Crippen LogP contribution in [0.4, 0.5) is 0 Å². The number of aryl methyl sites for hydroxylation is 1. The van der Waals surface area contributed by atoms with Gasteiger partial charge in [-0.25, -0.2) is 4.98 Å². The molecule has 4 heteroatoms. The Kier molecular flexibility index (Phi) is 4.89. The van der Waals surface area contributed by atoms with Crippen molar-refractivity contribution in [2.24, 2.45) is 11.1 Å². The highest BCUT2D eigenvalue weighted by atomic mass is 32.1. The maximum absolute atomic E-state index is 6.06. The van der Waals surface area contributed by atoms with E-state index in [0.29, 0.717) is 0 Å². The highest BCUT2D eigenvalue weighted by Gasteiger charge is 2.19. The van der Waals surface area contributed by atoms with E-state index in [1.54, 1.807) is 11.3 Å². The van der Waals surface area contributed by atoms with Crippen LogP contribution in [0.3, 0.4) is 0 Å². The molecule has 0 fully saturated rings. The Morgan fingerprint density at radius 2 is 2.19 bits per heavy atom. The van der Waals surface area contributed by atoms with Crippen LogP contribution in [0.5, 0.6) is 0 Å². The molecule has 1 unspecified atom stereocenters. The molecule has 1 rings (SSSR count). The molecule has 0 saturated heterocycles. The zero-order valence-electron chi connectivity index (χ0n) is 10.7. The van der Waals surface area contributed by atoms with Gasteiger partial charge in [0.1, 0.15) is 0 Å². The van der Waals surface area contributed by atoms with Gasteiger partial charge in [0.25, 0.3) is 0 Å². The molecule has 92 valence electrons. The topological polar surface area (TPSA) is 50.9 Å². The maximum Gasteiger partial charge on any atom is 0.0897 e. The summed E-state index contributed by atoms with van der Waals surface area (Å²) in [5, 5.41) is 6.65. The van der Waals surface area contributed by atoms with Crippen LogP contribution in [-0.2, 0) is 6.42 Å². The van der Waals surface area contributed by atoms with E-state index in [2.05, 4.69) is 36.5 Å². The molecule has 1 aromatic heterocycles. The second kappa shape index (κ2) is 5.75. The van der Waals surface area contributed by atoms with Gasteiger partial charge in [-0.05, 0) is 12.3 Å². The molecule has 0 aliphatic rings. The first-order valence-electron chi connectivity index (χ1n) is 5.77. The quantitative estimate of drug-likeness (QED) is 0.775. The van der Waals surface area contributed by atoms with Crippen LogP contribution >= 0.6 is 11.3 Å². The Balaban J connectivity index is 2.17. The Labute approximate surface area is 102 Å². The SMILES string of the molecule is Cc1nc(CCNCC(N)C(C)(C)C)cs1. The number of aromatic nitrogens is 1. The summed E-state index contributed by atoms with van der Waals surface area (Å²) in [4.78, 5) is 4.42. The van der Waals surface area contributed by atoms with E-state index in [-0.39, 0.29) is 11.5 Å². The average molecular weight is 241 g/mol. The van der Waals surface area contributed by atoms with E-state index >= 15 is 0 Å². The van der Waals surface area contributed by atoms with E-state index in [1.807, 2.05) is 6.92 Å². The van der Waals surface area contributed by atoms with Gasteiger partial charge in [0.2, 0.25) is 0 Å². The Morgan fingerprint density at radius 3 is 2.69 bits per heavy atom. The van der Waals surface area contributed by atoms with Gasteiger partial charge in [-0.15, -0.1) is 11.3 Å². The fourth-order valence-corrected chi connectivity index (χ4v) is 1.95. The van der Waals surface area contributed by atoms with E-state index in [4.69, 9.17) is 5.73 Å². The molecule has 0 radical (unpaired) electrons. The summed E-state index contributed by atoms with van der Waals surface area (Å²) in [6, 6.07) is 0.199. The Hall–Kier alpha value is -0.450. The van der Waals surface area contributed by atoms with Gasteiger partial charge in [-0.3, -0.25) is 0 Å². The molecule has 16 heavy (non-hydrogen) atoms.